The number of rotatable bonds is 5. The van der Waals surface area contributed by atoms with Crippen molar-refractivity contribution < 1.29 is 23.8 Å². The minimum atomic E-state index is -0.228. The minimum Gasteiger partial charge on any atom is -0.486 e. The summed E-state index contributed by atoms with van der Waals surface area (Å²) in [4.78, 5) is 26.6. The Balaban J connectivity index is 1.19. The van der Waals surface area contributed by atoms with E-state index in [0.29, 0.717) is 43.7 Å². The third-order valence-corrected chi connectivity index (χ3v) is 5.74. The van der Waals surface area contributed by atoms with Gasteiger partial charge in [0, 0.05) is 37.9 Å². The molecule has 2 saturated heterocycles. The summed E-state index contributed by atoms with van der Waals surface area (Å²) in [7, 11) is 0. The molecule has 3 heterocycles. The van der Waals surface area contributed by atoms with Crippen molar-refractivity contribution in [3.8, 4) is 11.5 Å². The van der Waals surface area contributed by atoms with Crippen LogP contribution in [0.4, 0.5) is 5.69 Å². The van der Waals surface area contributed by atoms with Gasteiger partial charge in [0.05, 0.1) is 0 Å². The first-order valence-electron chi connectivity index (χ1n) is 10.3. The molecule has 0 spiro atoms. The van der Waals surface area contributed by atoms with E-state index in [2.05, 4.69) is 5.32 Å². The summed E-state index contributed by atoms with van der Waals surface area (Å²) in [6, 6.07) is 5.47. The summed E-state index contributed by atoms with van der Waals surface area (Å²) in [6.45, 7) is 3.32. The zero-order chi connectivity index (χ0) is 19.3. The Morgan fingerprint density at radius 2 is 1.82 bits per heavy atom. The maximum Gasteiger partial charge on any atom is 0.251 e. The number of amides is 2. The van der Waals surface area contributed by atoms with Crippen molar-refractivity contribution >= 4 is 17.5 Å². The predicted octanol–water partition coefficient (Wildman–Crippen LogP) is 2.59. The molecule has 0 aromatic heterocycles. The smallest absolute Gasteiger partial charge is 0.251 e. The van der Waals surface area contributed by atoms with Crippen molar-refractivity contribution in [1.82, 2.24) is 4.90 Å². The molecule has 1 aromatic rings. The van der Waals surface area contributed by atoms with Gasteiger partial charge in [0.25, 0.3) is 5.91 Å². The lowest BCUT2D eigenvalue weighted by molar-refractivity contribution is -0.142. The van der Waals surface area contributed by atoms with E-state index in [0.717, 1.165) is 50.9 Å². The third-order valence-electron chi connectivity index (χ3n) is 5.74. The van der Waals surface area contributed by atoms with Crippen molar-refractivity contribution in [1.29, 1.82) is 0 Å². The van der Waals surface area contributed by atoms with Gasteiger partial charge >= 0.3 is 0 Å². The normalized spacial score (nSPS) is 22.1. The van der Waals surface area contributed by atoms with Crippen LogP contribution in [0.1, 0.15) is 38.5 Å². The second kappa shape index (κ2) is 8.82. The first-order chi connectivity index (χ1) is 13.7. The van der Waals surface area contributed by atoms with Gasteiger partial charge in [-0.3, -0.25) is 9.59 Å². The Bertz CT molecular complexity index is 709. The number of likely N-dealkylation sites (tertiary alicyclic amines) is 1. The van der Waals surface area contributed by atoms with Gasteiger partial charge in [0.15, 0.2) is 11.5 Å². The second-order valence-electron chi connectivity index (χ2n) is 7.72. The molecule has 3 aliphatic rings. The highest BCUT2D eigenvalue weighted by atomic mass is 16.6. The molecule has 1 aromatic carbocycles. The van der Waals surface area contributed by atoms with Gasteiger partial charge < -0.3 is 24.4 Å². The Labute approximate surface area is 165 Å². The van der Waals surface area contributed by atoms with Crippen LogP contribution >= 0.6 is 0 Å². The van der Waals surface area contributed by atoms with Crippen molar-refractivity contribution in [2.24, 2.45) is 5.92 Å². The van der Waals surface area contributed by atoms with Gasteiger partial charge in [-0.1, -0.05) is 0 Å². The zero-order valence-corrected chi connectivity index (χ0v) is 16.2. The summed E-state index contributed by atoms with van der Waals surface area (Å²) in [5, 5.41) is 2.94. The highest BCUT2D eigenvalue weighted by Crippen LogP contribution is 2.32. The third kappa shape index (κ3) is 4.58. The summed E-state index contributed by atoms with van der Waals surface area (Å²) >= 11 is 0. The van der Waals surface area contributed by atoms with E-state index in [1.165, 1.54) is 0 Å². The number of nitrogens with one attached hydrogen (secondary N) is 1. The van der Waals surface area contributed by atoms with E-state index in [4.69, 9.17) is 14.2 Å². The van der Waals surface area contributed by atoms with Gasteiger partial charge in [0.2, 0.25) is 5.91 Å². The SMILES string of the molecule is O=C(CCC1CCN(C(=O)[C@@H]2CCCO2)CC1)Nc1ccc2c(c1)OCCO2. The molecule has 1 N–H and O–H groups in total. The van der Waals surface area contributed by atoms with E-state index < -0.39 is 0 Å². The predicted molar refractivity (Wildman–Crippen MR) is 104 cm³/mol. The topological polar surface area (TPSA) is 77.1 Å². The molecule has 2 amide bonds. The number of piperidine rings is 1. The van der Waals surface area contributed by atoms with Gasteiger partial charge in [-0.25, -0.2) is 0 Å². The number of hydrogen-bond acceptors (Lipinski definition) is 5. The molecule has 3 aliphatic heterocycles. The molecular weight excluding hydrogens is 360 g/mol. The first kappa shape index (κ1) is 19.1. The fraction of sp³-hybridized carbons (Fsp3) is 0.619. The molecule has 4 rings (SSSR count). The Hall–Kier alpha value is -2.28. The molecule has 1 atom stereocenters. The average Bonchev–Trinajstić information content (AvgIpc) is 3.27. The Morgan fingerprint density at radius 1 is 1.04 bits per heavy atom. The van der Waals surface area contributed by atoms with Crippen LogP contribution in [0.15, 0.2) is 18.2 Å². The number of ether oxygens (including phenoxy) is 3. The molecular formula is C21H28N2O5. The number of anilines is 1. The molecule has 0 saturated carbocycles. The average molecular weight is 388 g/mol. The van der Waals surface area contributed by atoms with Crippen molar-refractivity contribution in [2.75, 3.05) is 38.2 Å². The van der Waals surface area contributed by atoms with E-state index in [9.17, 15) is 9.59 Å². The van der Waals surface area contributed by atoms with Crippen molar-refractivity contribution in [2.45, 2.75) is 44.6 Å². The maximum absolute atomic E-state index is 12.4. The molecule has 2 fully saturated rings. The highest BCUT2D eigenvalue weighted by molar-refractivity contribution is 5.91. The summed E-state index contributed by atoms with van der Waals surface area (Å²) in [5.41, 5.74) is 0.728. The van der Waals surface area contributed by atoms with Crippen LogP contribution in [0.2, 0.25) is 0 Å². The van der Waals surface area contributed by atoms with Crippen LogP contribution in [0.5, 0.6) is 11.5 Å². The van der Waals surface area contributed by atoms with Crippen molar-refractivity contribution in [3.05, 3.63) is 18.2 Å². The molecule has 28 heavy (non-hydrogen) atoms. The minimum absolute atomic E-state index is 0.00883. The fourth-order valence-electron chi connectivity index (χ4n) is 4.10. The number of nitrogens with zero attached hydrogens (tertiary/aromatic N) is 1. The van der Waals surface area contributed by atoms with Gasteiger partial charge in [-0.2, -0.15) is 0 Å². The fourth-order valence-corrected chi connectivity index (χ4v) is 4.10. The van der Waals surface area contributed by atoms with Gasteiger partial charge in [-0.05, 0) is 50.2 Å². The lowest BCUT2D eigenvalue weighted by Gasteiger charge is -2.33. The van der Waals surface area contributed by atoms with Gasteiger partial charge in [0.1, 0.15) is 19.3 Å². The quantitative estimate of drug-likeness (QED) is 0.839. The molecule has 0 aliphatic carbocycles. The summed E-state index contributed by atoms with van der Waals surface area (Å²) in [5.74, 6) is 2.03. The van der Waals surface area contributed by atoms with Crippen LogP contribution in [-0.4, -0.2) is 55.7 Å². The molecule has 0 radical (unpaired) electrons. The summed E-state index contributed by atoms with van der Waals surface area (Å²) < 4.78 is 16.5. The van der Waals surface area contributed by atoms with E-state index in [1.807, 2.05) is 23.1 Å². The monoisotopic (exact) mass is 388 g/mol. The summed E-state index contributed by atoms with van der Waals surface area (Å²) in [6.07, 6.45) is 4.83. The Kier molecular flexibility index (Phi) is 6.00. The molecule has 0 unspecified atom stereocenters. The molecule has 0 bridgehead atoms. The van der Waals surface area contributed by atoms with E-state index in [1.54, 1.807) is 0 Å². The van der Waals surface area contributed by atoms with Crippen molar-refractivity contribution in [3.63, 3.8) is 0 Å². The lowest BCUT2D eigenvalue weighted by Crippen LogP contribution is -2.43. The van der Waals surface area contributed by atoms with Crippen LogP contribution < -0.4 is 14.8 Å². The van der Waals surface area contributed by atoms with E-state index in [-0.39, 0.29) is 17.9 Å². The number of fused-ring (bicyclic) bond motifs is 1. The molecule has 7 nitrogen and oxygen atoms in total. The van der Waals surface area contributed by atoms with Crippen LogP contribution in [0, 0.1) is 5.92 Å². The van der Waals surface area contributed by atoms with Gasteiger partial charge in [-0.15, -0.1) is 0 Å². The largest absolute Gasteiger partial charge is 0.486 e. The lowest BCUT2D eigenvalue weighted by atomic mass is 9.91. The zero-order valence-electron chi connectivity index (χ0n) is 16.2. The van der Waals surface area contributed by atoms with Crippen LogP contribution in [-0.2, 0) is 14.3 Å². The van der Waals surface area contributed by atoms with Crippen LogP contribution in [0.25, 0.3) is 0 Å². The number of benzene rings is 1. The molecule has 152 valence electrons. The standard InChI is InChI=1S/C21H28N2O5/c24-20(22-16-4-5-17-19(14-16)28-13-12-27-17)6-3-15-7-9-23(10-8-15)21(25)18-2-1-11-26-18/h4-5,14-15,18H,1-3,6-13H2,(H,22,24)/t18-/m0/s1. The Morgan fingerprint density at radius 3 is 2.57 bits per heavy atom. The second-order valence-corrected chi connectivity index (χ2v) is 7.72. The van der Waals surface area contributed by atoms with E-state index >= 15 is 0 Å². The first-order valence-corrected chi connectivity index (χ1v) is 10.3. The number of carbonyl (C=O) groups excluding carboxylic acids is 2. The molecule has 7 heteroatoms. The number of carbonyl (C=O) groups is 2. The number of hydrogen-bond donors (Lipinski definition) is 1. The van der Waals surface area contributed by atoms with Crippen LogP contribution in [0.3, 0.4) is 0 Å². The highest BCUT2D eigenvalue weighted by Gasteiger charge is 2.30. The maximum atomic E-state index is 12.4.